The lowest BCUT2D eigenvalue weighted by atomic mass is 10.2. The van der Waals surface area contributed by atoms with Gasteiger partial charge in [0.15, 0.2) is 0 Å². The number of rotatable bonds is 14. The highest BCUT2D eigenvalue weighted by molar-refractivity contribution is 6.76. The molecular weight excluding hydrogens is 637 g/mol. The quantitative estimate of drug-likeness (QED) is 0.112. The number of aromatic nitrogens is 4. The van der Waals surface area contributed by atoms with E-state index in [4.69, 9.17) is 14.6 Å². The molecule has 0 spiro atoms. The van der Waals surface area contributed by atoms with Gasteiger partial charge < -0.3 is 19.3 Å². The number of carbonyl (C=O) groups is 2. The Morgan fingerprint density at radius 1 is 0.702 bits per heavy atom. The average Bonchev–Trinajstić information content (AvgIpc) is 3.00. The predicted molar refractivity (Wildman–Crippen MR) is 187 cm³/mol. The highest BCUT2D eigenvalue weighted by Gasteiger charge is 2.17. The molecule has 0 atom stereocenters. The molecule has 4 rings (SSSR count). The standard InChI is InChI=1S/C17H24N2O4Si.C16H22N2O4Si/c1-22-16(20)11-14-17(21)13-7-5-6-8-15(13)19(18-14)12-23-9-10-24(2,3)4;1-23(2,3)9-8-22-11-18-14-7-5-4-6-12(14)16(21)13(17-18)10-15(19)20/h5-8H,9-12H2,1-4H3;4-7H,8-11H2,1-3H3,(H,19,20). The number of ether oxygens (including phenoxy) is 3. The van der Waals surface area contributed by atoms with Crippen molar-refractivity contribution in [2.45, 2.75) is 77.7 Å². The molecule has 0 amide bonds. The summed E-state index contributed by atoms with van der Waals surface area (Å²) in [5.41, 5.74) is 0.985. The monoisotopic (exact) mass is 682 g/mol. The summed E-state index contributed by atoms with van der Waals surface area (Å²) in [6.07, 6.45) is -0.534. The molecule has 2 aromatic carbocycles. The molecule has 1 N–H and O–H groups in total. The number of carboxylic acids is 1. The maximum Gasteiger partial charge on any atom is 0.311 e. The van der Waals surface area contributed by atoms with Crippen molar-refractivity contribution in [3.05, 3.63) is 80.4 Å². The van der Waals surface area contributed by atoms with Gasteiger partial charge >= 0.3 is 11.9 Å². The van der Waals surface area contributed by atoms with Gasteiger partial charge in [0.05, 0.1) is 31.0 Å². The van der Waals surface area contributed by atoms with Crippen molar-refractivity contribution >= 4 is 49.9 Å². The maximum absolute atomic E-state index is 12.5. The molecule has 0 bridgehead atoms. The number of hydrogen-bond acceptors (Lipinski definition) is 9. The minimum Gasteiger partial charge on any atom is -0.481 e. The second kappa shape index (κ2) is 16.7. The first kappa shape index (κ1) is 37.5. The van der Waals surface area contributed by atoms with E-state index in [-0.39, 0.29) is 42.1 Å². The maximum atomic E-state index is 12.5. The molecule has 0 radical (unpaired) electrons. The van der Waals surface area contributed by atoms with Gasteiger partial charge in [0, 0.05) is 40.1 Å². The highest BCUT2D eigenvalue weighted by Crippen LogP contribution is 2.13. The molecule has 254 valence electrons. The Hall–Kier alpha value is -3.99. The van der Waals surface area contributed by atoms with E-state index in [1.807, 2.05) is 18.2 Å². The molecule has 0 unspecified atom stereocenters. The van der Waals surface area contributed by atoms with E-state index in [1.54, 1.807) is 39.7 Å². The van der Waals surface area contributed by atoms with Crippen molar-refractivity contribution in [2.24, 2.45) is 0 Å². The number of fused-ring (bicyclic) bond motifs is 2. The number of carbonyl (C=O) groups excluding carboxylic acids is 1. The van der Waals surface area contributed by atoms with Gasteiger partial charge in [-0.25, -0.2) is 9.36 Å². The van der Waals surface area contributed by atoms with Crippen molar-refractivity contribution in [3.8, 4) is 0 Å². The minimum absolute atomic E-state index is 0.0324. The Balaban J connectivity index is 0.000000256. The second-order valence-corrected chi connectivity index (χ2v) is 24.8. The predicted octanol–water partition coefficient (Wildman–Crippen LogP) is 4.76. The highest BCUT2D eigenvalue weighted by atomic mass is 28.3. The molecule has 0 aliphatic carbocycles. The topological polar surface area (TPSA) is 152 Å². The molecular formula is C33H46N4O8Si2. The Bertz CT molecular complexity index is 1810. The van der Waals surface area contributed by atoms with Crippen LogP contribution in [0.2, 0.25) is 51.4 Å². The molecule has 0 saturated heterocycles. The fourth-order valence-corrected chi connectivity index (χ4v) is 5.93. The summed E-state index contributed by atoms with van der Waals surface area (Å²) in [5.74, 6) is -1.56. The van der Waals surface area contributed by atoms with E-state index in [0.717, 1.165) is 12.1 Å². The number of esters is 1. The van der Waals surface area contributed by atoms with Gasteiger partial charge in [-0.3, -0.25) is 19.2 Å². The lowest BCUT2D eigenvalue weighted by Crippen LogP contribution is -2.24. The third-order valence-corrected chi connectivity index (χ3v) is 10.5. The van der Waals surface area contributed by atoms with Crippen molar-refractivity contribution < 1.29 is 28.9 Å². The van der Waals surface area contributed by atoms with Crippen LogP contribution in [-0.4, -0.2) is 73.1 Å². The molecule has 2 heterocycles. The molecule has 0 aliphatic rings. The molecule has 0 aliphatic heterocycles. The van der Waals surface area contributed by atoms with Gasteiger partial charge in [-0.15, -0.1) is 0 Å². The van der Waals surface area contributed by atoms with Crippen LogP contribution in [0.3, 0.4) is 0 Å². The average molecular weight is 683 g/mol. The largest absolute Gasteiger partial charge is 0.481 e. The first-order valence-electron chi connectivity index (χ1n) is 15.5. The lowest BCUT2D eigenvalue weighted by Gasteiger charge is -2.16. The van der Waals surface area contributed by atoms with Crippen molar-refractivity contribution in [3.63, 3.8) is 0 Å². The summed E-state index contributed by atoms with van der Waals surface area (Å²) in [6.45, 7) is 15.4. The zero-order valence-electron chi connectivity index (χ0n) is 28.4. The summed E-state index contributed by atoms with van der Waals surface area (Å²) in [5, 5.41) is 18.4. The van der Waals surface area contributed by atoms with Crippen molar-refractivity contribution in [2.75, 3.05) is 20.3 Å². The van der Waals surface area contributed by atoms with Gasteiger partial charge in [-0.05, 0) is 36.4 Å². The molecule has 0 fully saturated rings. The first-order chi connectivity index (χ1) is 22.1. The number of nitrogens with zero attached hydrogens (tertiary/aromatic N) is 4. The van der Waals surface area contributed by atoms with E-state index in [9.17, 15) is 19.2 Å². The summed E-state index contributed by atoms with van der Waals surface area (Å²) >= 11 is 0. The van der Waals surface area contributed by atoms with Crippen LogP contribution >= 0.6 is 0 Å². The third kappa shape index (κ3) is 11.6. The summed E-state index contributed by atoms with van der Waals surface area (Å²) < 4.78 is 19.3. The van der Waals surface area contributed by atoms with E-state index in [0.29, 0.717) is 35.0 Å². The van der Waals surface area contributed by atoms with Crippen molar-refractivity contribution in [1.29, 1.82) is 0 Å². The molecule has 47 heavy (non-hydrogen) atoms. The molecule has 12 nitrogen and oxygen atoms in total. The SMILES string of the molecule is COC(=O)Cc1nn(COCC[Si](C)(C)C)c2ccccc2c1=O.C[Si](C)(C)CCOCn1nc(CC(=O)O)c(=O)c2ccccc21. The summed E-state index contributed by atoms with van der Waals surface area (Å²) in [4.78, 5) is 47.2. The van der Waals surface area contributed by atoms with Crippen LogP contribution in [0.5, 0.6) is 0 Å². The Labute approximate surface area is 276 Å². The van der Waals surface area contributed by atoms with Crippen LogP contribution < -0.4 is 10.9 Å². The molecule has 14 heteroatoms. The summed E-state index contributed by atoms with van der Waals surface area (Å²) in [7, 11) is -1.04. The van der Waals surface area contributed by atoms with Crippen LogP contribution in [0.25, 0.3) is 21.8 Å². The van der Waals surface area contributed by atoms with E-state index >= 15 is 0 Å². The van der Waals surface area contributed by atoms with Crippen LogP contribution in [0.4, 0.5) is 0 Å². The fourth-order valence-electron chi connectivity index (χ4n) is 4.42. The molecule has 2 aromatic heterocycles. The van der Waals surface area contributed by atoms with Gasteiger partial charge in [-0.1, -0.05) is 63.5 Å². The van der Waals surface area contributed by atoms with E-state index < -0.39 is 34.5 Å². The van der Waals surface area contributed by atoms with Crippen LogP contribution in [0.15, 0.2) is 58.1 Å². The normalized spacial score (nSPS) is 11.7. The number of para-hydroxylation sites is 2. The Kier molecular flexibility index (Phi) is 13.3. The number of methoxy groups -OCH3 is 1. The smallest absolute Gasteiger partial charge is 0.311 e. The Morgan fingerprint density at radius 3 is 1.49 bits per heavy atom. The number of carboxylic acid groups (broad SMARTS) is 1. The molecule has 4 aromatic rings. The zero-order valence-corrected chi connectivity index (χ0v) is 30.4. The minimum atomic E-state index is -1.17. The zero-order chi connectivity index (χ0) is 34.8. The second-order valence-electron chi connectivity index (χ2n) is 13.6. The van der Waals surface area contributed by atoms with Gasteiger partial charge in [0.1, 0.15) is 24.8 Å². The van der Waals surface area contributed by atoms with Crippen LogP contribution in [0, 0.1) is 0 Å². The van der Waals surface area contributed by atoms with E-state index in [2.05, 4.69) is 54.2 Å². The van der Waals surface area contributed by atoms with Gasteiger partial charge in [0.25, 0.3) is 0 Å². The van der Waals surface area contributed by atoms with Gasteiger partial charge in [0.2, 0.25) is 10.9 Å². The van der Waals surface area contributed by atoms with Gasteiger partial charge in [-0.2, -0.15) is 10.2 Å². The fraction of sp³-hybridized carbons (Fsp3) is 0.455. The summed E-state index contributed by atoms with van der Waals surface area (Å²) in [6, 6.07) is 16.3. The van der Waals surface area contributed by atoms with Crippen LogP contribution in [-0.2, 0) is 50.1 Å². The molecule has 0 saturated carbocycles. The number of hydrogen-bond donors (Lipinski definition) is 1. The number of benzene rings is 2. The van der Waals surface area contributed by atoms with E-state index in [1.165, 1.54) is 7.11 Å². The Morgan fingerprint density at radius 2 is 1.11 bits per heavy atom. The van der Waals surface area contributed by atoms with Crippen LogP contribution in [0.1, 0.15) is 11.4 Å². The van der Waals surface area contributed by atoms with Crippen molar-refractivity contribution in [1.82, 2.24) is 19.6 Å². The first-order valence-corrected chi connectivity index (χ1v) is 22.9. The number of aliphatic carboxylic acids is 1. The third-order valence-electron chi connectivity index (χ3n) is 7.14. The lowest BCUT2D eigenvalue weighted by molar-refractivity contribution is -0.140.